The summed E-state index contributed by atoms with van der Waals surface area (Å²) in [6.07, 6.45) is 1.81. The highest BCUT2D eigenvalue weighted by molar-refractivity contribution is 7.91. The molecule has 2 fully saturated rings. The van der Waals surface area contributed by atoms with Gasteiger partial charge < -0.3 is 9.64 Å². The van der Waals surface area contributed by atoms with Gasteiger partial charge in [-0.25, -0.2) is 8.42 Å². The van der Waals surface area contributed by atoms with Crippen molar-refractivity contribution in [1.82, 2.24) is 4.90 Å². The number of sulfone groups is 1. The van der Waals surface area contributed by atoms with Gasteiger partial charge in [0.25, 0.3) is 5.91 Å². The van der Waals surface area contributed by atoms with E-state index in [1.54, 1.807) is 11.8 Å². The van der Waals surface area contributed by atoms with E-state index in [-0.39, 0.29) is 34.9 Å². The van der Waals surface area contributed by atoms with Crippen LogP contribution in [0, 0.1) is 0 Å². The van der Waals surface area contributed by atoms with Crippen molar-refractivity contribution in [2.75, 3.05) is 11.5 Å². The summed E-state index contributed by atoms with van der Waals surface area (Å²) in [5.74, 6) is 0.835. The highest BCUT2D eigenvalue weighted by Crippen LogP contribution is 2.33. The predicted molar refractivity (Wildman–Crippen MR) is 102 cm³/mol. The summed E-state index contributed by atoms with van der Waals surface area (Å²) in [6.45, 7) is 8.16. The van der Waals surface area contributed by atoms with Gasteiger partial charge in [0.1, 0.15) is 5.75 Å². The number of carbonyl (C=O) groups excluding carboxylic acids is 1. The maximum Gasteiger partial charge on any atom is 0.263 e. The maximum atomic E-state index is 13.0. The van der Waals surface area contributed by atoms with Gasteiger partial charge in [-0.05, 0) is 49.3 Å². The highest BCUT2D eigenvalue weighted by Gasteiger charge is 2.43. The Morgan fingerprint density at radius 1 is 1.19 bits per heavy atom. The third-order valence-corrected chi connectivity index (χ3v) is 6.91. The molecule has 0 N–H and O–H groups in total. The van der Waals surface area contributed by atoms with E-state index in [4.69, 9.17) is 4.74 Å². The quantitative estimate of drug-likeness (QED) is 0.789. The fourth-order valence-electron chi connectivity index (χ4n) is 3.51. The fraction of sp³-hybridized carbons (Fsp3) is 0.650. The first-order valence-electron chi connectivity index (χ1n) is 9.37. The summed E-state index contributed by atoms with van der Waals surface area (Å²) in [7, 11) is -3.02. The standard InChI is InChI=1S/C20H29NO4S/c1-14(25-18-7-5-6-15(12-18)20(2,3)4)19(22)21(16-8-9-16)17-10-11-26(23,24)13-17/h5-7,12,14,16-17H,8-11,13H2,1-4H3. The summed E-state index contributed by atoms with van der Waals surface area (Å²) < 4.78 is 29.6. The highest BCUT2D eigenvalue weighted by atomic mass is 32.2. The maximum absolute atomic E-state index is 13.0. The first-order chi connectivity index (χ1) is 12.1. The first kappa shape index (κ1) is 19.2. The molecule has 1 aromatic carbocycles. The summed E-state index contributed by atoms with van der Waals surface area (Å²) in [5, 5.41) is 0. The Bertz CT molecular complexity index is 777. The molecule has 144 valence electrons. The number of ether oxygens (including phenoxy) is 1. The Labute approximate surface area is 156 Å². The predicted octanol–water partition coefficient (Wildman–Crippen LogP) is 2.93. The SMILES string of the molecule is CC(Oc1cccc(C(C)(C)C)c1)C(=O)N(C1CC1)C1CCS(=O)(=O)C1. The Morgan fingerprint density at radius 3 is 2.42 bits per heavy atom. The molecule has 0 aromatic heterocycles. The van der Waals surface area contributed by atoms with Crippen LogP contribution in [0.15, 0.2) is 24.3 Å². The van der Waals surface area contributed by atoms with E-state index >= 15 is 0 Å². The number of nitrogens with zero attached hydrogens (tertiary/aromatic N) is 1. The minimum absolute atomic E-state index is 0.00483. The average Bonchev–Trinajstić information content (AvgIpc) is 3.30. The average molecular weight is 380 g/mol. The zero-order valence-corrected chi connectivity index (χ0v) is 16.9. The molecule has 1 aromatic rings. The van der Waals surface area contributed by atoms with Crippen molar-refractivity contribution in [3.8, 4) is 5.75 Å². The molecule has 1 aliphatic heterocycles. The molecule has 1 saturated heterocycles. The number of amides is 1. The number of carbonyl (C=O) groups is 1. The third kappa shape index (κ3) is 4.40. The molecular formula is C20H29NO4S. The number of benzene rings is 1. The summed E-state index contributed by atoms with van der Waals surface area (Å²) in [4.78, 5) is 14.8. The minimum atomic E-state index is -3.02. The van der Waals surface area contributed by atoms with Crippen LogP contribution in [0.3, 0.4) is 0 Å². The summed E-state index contributed by atoms with van der Waals surface area (Å²) in [5.41, 5.74) is 1.15. The Balaban J connectivity index is 1.72. The van der Waals surface area contributed by atoms with Crippen molar-refractivity contribution >= 4 is 15.7 Å². The van der Waals surface area contributed by atoms with Crippen LogP contribution in [0.1, 0.15) is 52.5 Å². The molecule has 2 unspecified atom stereocenters. The normalized spacial score (nSPS) is 23.5. The smallest absolute Gasteiger partial charge is 0.263 e. The molecule has 2 atom stereocenters. The molecule has 26 heavy (non-hydrogen) atoms. The van der Waals surface area contributed by atoms with Crippen LogP contribution in [-0.4, -0.2) is 48.9 Å². The van der Waals surface area contributed by atoms with E-state index in [1.165, 1.54) is 0 Å². The van der Waals surface area contributed by atoms with Crippen LogP contribution in [0.4, 0.5) is 0 Å². The van der Waals surface area contributed by atoms with Crippen molar-refractivity contribution in [2.45, 2.75) is 70.6 Å². The number of rotatable bonds is 5. The molecule has 2 aliphatic rings. The number of hydrogen-bond donors (Lipinski definition) is 0. The molecule has 1 aliphatic carbocycles. The Morgan fingerprint density at radius 2 is 1.88 bits per heavy atom. The second-order valence-electron chi connectivity index (χ2n) is 8.57. The van der Waals surface area contributed by atoms with Crippen molar-refractivity contribution < 1.29 is 17.9 Å². The van der Waals surface area contributed by atoms with Gasteiger partial charge in [-0.15, -0.1) is 0 Å². The van der Waals surface area contributed by atoms with Crippen molar-refractivity contribution in [1.29, 1.82) is 0 Å². The Hall–Kier alpha value is -1.56. The molecule has 1 heterocycles. The van der Waals surface area contributed by atoms with E-state index in [9.17, 15) is 13.2 Å². The monoisotopic (exact) mass is 379 g/mol. The van der Waals surface area contributed by atoms with Crippen LogP contribution < -0.4 is 4.74 Å². The molecule has 1 amide bonds. The van der Waals surface area contributed by atoms with Gasteiger partial charge in [0.2, 0.25) is 0 Å². The first-order valence-corrected chi connectivity index (χ1v) is 11.2. The molecule has 5 nitrogen and oxygen atoms in total. The van der Waals surface area contributed by atoms with Gasteiger partial charge in [0, 0.05) is 12.1 Å². The lowest BCUT2D eigenvalue weighted by Crippen LogP contribution is -2.48. The Kier molecular flexibility index (Phi) is 5.08. The minimum Gasteiger partial charge on any atom is -0.481 e. The molecule has 1 saturated carbocycles. The van der Waals surface area contributed by atoms with Crippen molar-refractivity contribution in [3.05, 3.63) is 29.8 Å². The van der Waals surface area contributed by atoms with E-state index in [2.05, 4.69) is 26.8 Å². The summed E-state index contributed by atoms with van der Waals surface area (Å²) >= 11 is 0. The van der Waals surface area contributed by atoms with Gasteiger partial charge >= 0.3 is 0 Å². The van der Waals surface area contributed by atoms with Gasteiger partial charge in [-0.2, -0.15) is 0 Å². The lowest BCUT2D eigenvalue weighted by Gasteiger charge is -2.31. The van der Waals surface area contributed by atoms with Crippen LogP contribution in [0.5, 0.6) is 5.75 Å². The van der Waals surface area contributed by atoms with Crippen LogP contribution in [0.2, 0.25) is 0 Å². The van der Waals surface area contributed by atoms with Gasteiger partial charge in [0.05, 0.1) is 11.5 Å². The molecule has 0 radical (unpaired) electrons. The van der Waals surface area contributed by atoms with Gasteiger partial charge in [0.15, 0.2) is 15.9 Å². The van der Waals surface area contributed by atoms with Gasteiger partial charge in [-0.1, -0.05) is 32.9 Å². The van der Waals surface area contributed by atoms with Crippen LogP contribution in [-0.2, 0) is 20.0 Å². The molecule has 6 heteroatoms. The van der Waals surface area contributed by atoms with Gasteiger partial charge in [-0.3, -0.25) is 4.79 Å². The number of hydrogen-bond acceptors (Lipinski definition) is 4. The summed E-state index contributed by atoms with van der Waals surface area (Å²) in [6, 6.07) is 7.81. The molecule has 0 spiro atoms. The molecule has 0 bridgehead atoms. The lowest BCUT2D eigenvalue weighted by atomic mass is 9.87. The zero-order valence-electron chi connectivity index (χ0n) is 16.1. The zero-order chi connectivity index (χ0) is 19.1. The molecule has 3 rings (SSSR count). The largest absolute Gasteiger partial charge is 0.481 e. The second-order valence-corrected chi connectivity index (χ2v) is 10.8. The fourth-order valence-corrected chi connectivity index (χ4v) is 5.22. The van der Waals surface area contributed by atoms with Crippen molar-refractivity contribution in [3.63, 3.8) is 0 Å². The topological polar surface area (TPSA) is 63.7 Å². The van der Waals surface area contributed by atoms with E-state index in [0.29, 0.717) is 12.2 Å². The van der Waals surface area contributed by atoms with Crippen molar-refractivity contribution in [2.24, 2.45) is 0 Å². The van der Waals surface area contributed by atoms with E-state index in [1.807, 2.05) is 18.2 Å². The molecular weight excluding hydrogens is 350 g/mol. The second kappa shape index (κ2) is 6.87. The van der Waals surface area contributed by atoms with E-state index < -0.39 is 15.9 Å². The van der Waals surface area contributed by atoms with Crippen LogP contribution >= 0.6 is 0 Å². The third-order valence-electron chi connectivity index (χ3n) is 5.16. The van der Waals surface area contributed by atoms with Crippen LogP contribution in [0.25, 0.3) is 0 Å². The van der Waals surface area contributed by atoms with E-state index in [0.717, 1.165) is 18.4 Å². The lowest BCUT2D eigenvalue weighted by molar-refractivity contribution is -0.140.